The Kier molecular flexibility index (Phi) is 4.74. The Balaban J connectivity index is 3.15. The highest BCUT2D eigenvalue weighted by molar-refractivity contribution is 6.34. The monoisotopic (exact) mass is 314 g/mol. The Morgan fingerprint density at radius 1 is 1.32 bits per heavy atom. The van der Waals surface area contributed by atoms with Crippen molar-refractivity contribution in [3.05, 3.63) is 28.8 Å². The lowest BCUT2D eigenvalue weighted by Crippen LogP contribution is -2.26. The summed E-state index contributed by atoms with van der Waals surface area (Å²) in [6, 6.07) is 3.19. The Morgan fingerprint density at radius 3 is 2.37 bits per heavy atom. The van der Waals surface area contributed by atoms with E-state index in [9.17, 15) is 18.0 Å². The van der Waals surface area contributed by atoms with E-state index < -0.39 is 23.3 Å². The molecule has 0 saturated carbocycles. The quantitative estimate of drug-likeness (QED) is 0.595. The molecule has 2 nitrogen and oxygen atoms in total. The van der Waals surface area contributed by atoms with E-state index in [4.69, 9.17) is 23.2 Å². The molecule has 0 spiro atoms. The summed E-state index contributed by atoms with van der Waals surface area (Å²) in [5.41, 5.74) is -0.976. The number of carbonyl (C=O) groups excluding carboxylic acids is 1. The highest BCUT2D eigenvalue weighted by atomic mass is 35.5. The minimum Gasteiger partial charge on any atom is -0.406 e. The lowest BCUT2D eigenvalue weighted by atomic mass is 9.86. The maximum atomic E-state index is 12.1. The van der Waals surface area contributed by atoms with Crippen LogP contribution in [0, 0.1) is 5.41 Å². The molecule has 0 aliphatic carbocycles. The molecule has 1 aromatic carbocycles. The number of hydrogen-bond donors (Lipinski definition) is 0. The summed E-state index contributed by atoms with van der Waals surface area (Å²) in [7, 11) is 0. The van der Waals surface area contributed by atoms with Crippen LogP contribution < -0.4 is 4.74 Å². The first-order valence-electron chi connectivity index (χ1n) is 5.23. The van der Waals surface area contributed by atoms with E-state index in [1.54, 1.807) is 13.8 Å². The fraction of sp³-hybridized carbons (Fsp3) is 0.417. The first kappa shape index (κ1) is 16.1. The number of rotatable bonds is 4. The summed E-state index contributed by atoms with van der Waals surface area (Å²) in [6.45, 7) is 3.16. The van der Waals surface area contributed by atoms with Crippen LogP contribution in [-0.2, 0) is 0 Å². The van der Waals surface area contributed by atoms with Crippen molar-refractivity contribution in [2.24, 2.45) is 5.41 Å². The third-order valence-corrected chi connectivity index (χ3v) is 3.36. The summed E-state index contributed by atoms with van der Waals surface area (Å²) in [4.78, 5) is 12.1. The highest BCUT2D eigenvalue weighted by Crippen LogP contribution is 2.32. The van der Waals surface area contributed by atoms with Crippen molar-refractivity contribution >= 4 is 29.0 Å². The van der Waals surface area contributed by atoms with E-state index in [2.05, 4.69) is 4.74 Å². The van der Waals surface area contributed by atoms with Crippen molar-refractivity contribution < 1.29 is 22.7 Å². The third-order valence-electron chi connectivity index (χ3n) is 2.36. The third kappa shape index (κ3) is 4.28. The van der Waals surface area contributed by atoms with Gasteiger partial charge in [-0.15, -0.1) is 24.8 Å². The Bertz CT molecular complexity index is 484. The zero-order valence-corrected chi connectivity index (χ0v) is 11.7. The van der Waals surface area contributed by atoms with Crippen molar-refractivity contribution in [1.29, 1.82) is 0 Å². The average molecular weight is 315 g/mol. The number of benzene rings is 1. The highest BCUT2D eigenvalue weighted by Gasteiger charge is 2.33. The fourth-order valence-electron chi connectivity index (χ4n) is 1.30. The van der Waals surface area contributed by atoms with Gasteiger partial charge in [-0.2, -0.15) is 0 Å². The van der Waals surface area contributed by atoms with Crippen molar-refractivity contribution in [2.45, 2.75) is 20.2 Å². The predicted octanol–water partition coefficient (Wildman–Crippen LogP) is 4.69. The van der Waals surface area contributed by atoms with Crippen LogP contribution in [0.15, 0.2) is 18.2 Å². The average Bonchev–Trinajstić information content (AvgIpc) is 2.29. The van der Waals surface area contributed by atoms with E-state index in [0.717, 1.165) is 12.1 Å². The molecule has 19 heavy (non-hydrogen) atoms. The molecule has 106 valence electrons. The molecule has 0 atom stereocenters. The molecule has 0 heterocycles. The normalized spacial score (nSPS) is 12.4. The number of ketones is 1. The van der Waals surface area contributed by atoms with Gasteiger partial charge in [-0.25, -0.2) is 0 Å². The number of ether oxygens (including phenoxy) is 1. The van der Waals surface area contributed by atoms with Gasteiger partial charge in [-0.05, 0) is 18.2 Å². The van der Waals surface area contributed by atoms with Crippen LogP contribution in [0.25, 0.3) is 0 Å². The Labute approximate surface area is 118 Å². The number of Topliss-reactive ketones (excluding diaryl/α,β-unsaturated/α-hetero) is 1. The second-order valence-corrected chi connectivity index (χ2v) is 5.21. The van der Waals surface area contributed by atoms with Gasteiger partial charge in [-0.1, -0.05) is 25.4 Å². The van der Waals surface area contributed by atoms with Crippen molar-refractivity contribution in [2.75, 3.05) is 5.88 Å². The topological polar surface area (TPSA) is 26.3 Å². The van der Waals surface area contributed by atoms with Gasteiger partial charge in [0.15, 0.2) is 5.78 Å². The summed E-state index contributed by atoms with van der Waals surface area (Å²) < 4.78 is 40.1. The van der Waals surface area contributed by atoms with Gasteiger partial charge in [0.2, 0.25) is 0 Å². The molecule has 0 saturated heterocycles. The molecule has 1 rings (SSSR count). The van der Waals surface area contributed by atoms with Crippen LogP contribution in [0.4, 0.5) is 13.2 Å². The Morgan fingerprint density at radius 2 is 1.89 bits per heavy atom. The van der Waals surface area contributed by atoms with Crippen LogP contribution in [0.1, 0.15) is 24.2 Å². The van der Waals surface area contributed by atoms with Crippen LogP contribution >= 0.6 is 23.2 Å². The van der Waals surface area contributed by atoms with Crippen LogP contribution in [0.3, 0.4) is 0 Å². The van der Waals surface area contributed by atoms with Crippen LogP contribution in [0.2, 0.25) is 5.02 Å². The molecule has 0 N–H and O–H groups in total. The molecule has 0 fully saturated rings. The van der Waals surface area contributed by atoms with E-state index in [1.807, 2.05) is 0 Å². The van der Waals surface area contributed by atoms with E-state index in [-0.39, 0.29) is 16.5 Å². The zero-order chi connectivity index (χ0) is 14.8. The molecule has 7 heteroatoms. The first-order valence-corrected chi connectivity index (χ1v) is 6.14. The molecule has 0 amide bonds. The molecule has 0 aromatic heterocycles. The number of alkyl halides is 4. The lowest BCUT2D eigenvalue weighted by Gasteiger charge is -2.20. The summed E-state index contributed by atoms with van der Waals surface area (Å²) in [5.74, 6) is -0.919. The number of carbonyl (C=O) groups is 1. The fourth-order valence-corrected chi connectivity index (χ4v) is 1.63. The van der Waals surface area contributed by atoms with Crippen molar-refractivity contribution in [3.63, 3.8) is 0 Å². The minimum atomic E-state index is -4.82. The molecular formula is C12H11Cl2F3O2. The van der Waals surface area contributed by atoms with Crippen molar-refractivity contribution in [1.82, 2.24) is 0 Å². The second-order valence-electron chi connectivity index (χ2n) is 4.54. The molecular weight excluding hydrogens is 304 g/mol. The zero-order valence-electron chi connectivity index (χ0n) is 10.1. The maximum absolute atomic E-state index is 12.1. The van der Waals surface area contributed by atoms with Gasteiger partial charge in [0.05, 0.1) is 5.02 Å². The second kappa shape index (κ2) is 5.59. The molecule has 0 unspecified atom stereocenters. The molecule has 1 aromatic rings. The van der Waals surface area contributed by atoms with Gasteiger partial charge in [0.25, 0.3) is 0 Å². The van der Waals surface area contributed by atoms with Crippen molar-refractivity contribution in [3.8, 4) is 5.75 Å². The number of halogens is 5. The maximum Gasteiger partial charge on any atom is 0.573 e. The van der Waals surface area contributed by atoms with Gasteiger partial charge in [0.1, 0.15) is 5.75 Å². The predicted molar refractivity (Wildman–Crippen MR) is 67.0 cm³/mol. The van der Waals surface area contributed by atoms with Gasteiger partial charge in [-0.3, -0.25) is 4.79 Å². The first-order chi connectivity index (χ1) is 8.57. The van der Waals surface area contributed by atoms with E-state index in [0.29, 0.717) is 0 Å². The molecule has 0 bridgehead atoms. The largest absolute Gasteiger partial charge is 0.573 e. The SMILES string of the molecule is CC(C)(CCl)C(=O)c1cc(OC(F)(F)F)ccc1Cl. The smallest absolute Gasteiger partial charge is 0.406 e. The van der Waals surface area contributed by atoms with E-state index in [1.165, 1.54) is 6.07 Å². The van der Waals surface area contributed by atoms with Gasteiger partial charge >= 0.3 is 6.36 Å². The molecule has 0 aliphatic heterocycles. The summed E-state index contributed by atoms with van der Waals surface area (Å²) >= 11 is 11.5. The van der Waals surface area contributed by atoms with E-state index >= 15 is 0 Å². The minimum absolute atomic E-state index is 0.0204. The van der Waals surface area contributed by atoms with Crippen LogP contribution in [-0.4, -0.2) is 18.0 Å². The Hall–Kier alpha value is -0.940. The van der Waals surface area contributed by atoms with Gasteiger partial charge < -0.3 is 4.74 Å². The molecule has 0 radical (unpaired) electrons. The van der Waals surface area contributed by atoms with Crippen LogP contribution in [0.5, 0.6) is 5.75 Å². The summed E-state index contributed by atoms with van der Waals surface area (Å²) in [6.07, 6.45) is -4.82. The molecule has 0 aliphatic rings. The standard InChI is InChI=1S/C12H11Cl2F3O2/c1-11(2,6-13)10(18)8-5-7(3-4-9(8)14)19-12(15,16)17/h3-5H,6H2,1-2H3. The number of hydrogen-bond acceptors (Lipinski definition) is 2. The summed E-state index contributed by atoms with van der Waals surface area (Å²) in [5, 5.41) is 0.0534. The van der Waals surface area contributed by atoms with Gasteiger partial charge in [0, 0.05) is 16.9 Å². The lowest BCUT2D eigenvalue weighted by molar-refractivity contribution is -0.274.